The van der Waals surface area contributed by atoms with Crippen LogP contribution in [0.25, 0.3) is 0 Å². The lowest BCUT2D eigenvalue weighted by Crippen LogP contribution is -2.06. The van der Waals surface area contributed by atoms with Crippen molar-refractivity contribution in [2.24, 2.45) is 4.99 Å². The van der Waals surface area contributed by atoms with Crippen molar-refractivity contribution in [3.63, 3.8) is 0 Å². The summed E-state index contributed by atoms with van der Waals surface area (Å²) in [6.45, 7) is 5.36. The Balaban J connectivity index is 2.47. The lowest BCUT2D eigenvalue weighted by atomic mass is 10.1. The summed E-state index contributed by atoms with van der Waals surface area (Å²) in [6, 6.07) is 8.64. The molecule has 0 radical (unpaired) electrons. The maximum atomic E-state index is 12.7. The summed E-state index contributed by atoms with van der Waals surface area (Å²) >= 11 is 0. The van der Waals surface area contributed by atoms with Crippen LogP contribution in [0.4, 0.5) is 18.9 Å². The highest BCUT2D eigenvalue weighted by atomic mass is 19.4. The van der Waals surface area contributed by atoms with E-state index >= 15 is 0 Å². The maximum absolute atomic E-state index is 12.7. The molecule has 2 nitrogen and oxygen atoms in total. The third kappa shape index (κ3) is 3.48. The second-order valence-corrected chi connectivity index (χ2v) is 4.84. The molecule has 2 aromatic rings. The van der Waals surface area contributed by atoms with Crippen LogP contribution in [0.2, 0.25) is 0 Å². The Morgan fingerprint density at radius 2 is 1.81 bits per heavy atom. The Bertz CT molecular complexity index is 688. The van der Waals surface area contributed by atoms with Gasteiger partial charge in [0.25, 0.3) is 0 Å². The van der Waals surface area contributed by atoms with Gasteiger partial charge in [-0.1, -0.05) is 24.3 Å². The van der Waals surface area contributed by atoms with Gasteiger partial charge in [0.05, 0.1) is 16.9 Å². The number of hydrogen-bond acceptors (Lipinski definition) is 2. The molecular formula is C16H15F3N2. The summed E-state index contributed by atoms with van der Waals surface area (Å²) in [6.07, 6.45) is -3.58. The van der Waals surface area contributed by atoms with Crippen molar-refractivity contribution >= 4 is 11.4 Å². The van der Waals surface area contributed by atoms with Gasteiger partial charge in [-0.3, -0.25) is 9.98 Å². The van der Waals surface area contributed by atoms with E-state index in [9.17, 15) is 13.2 Å². The molecular weight excluding hydrogens is 277 g/mol. The predicted octanol–water partition coefficient (Wildman–Crippen LogP) is 4.86. The zero-order chi connectivity index (χ0) is 15.6. The molecule has 0 bridgehead atoms. The largest absolute Gasteiger partial charge is 0.417 e. The fourth-order valence-corrected chi connectivity index (χ4v) is 2.01. The van der Waals surface area contributed by atoms with Gasteiger partial charge in [0.2, 0.25) is 0 Å². The molecule has 0 aliphatic carbocycles. The van der Waals surface area contributed by atoms with Gasteiger partial charge in [-0.25, -0.2) is 0 Å². The lowest BCUT2D eigenvalue weighted by Gasteiger charge is -2.10. The molecule has 1 aromatic heterocycles. The van der Waals surface area contributed by atoms with Crippen LogP contribution < -0.4 is 0 Å². The van der Waals surface area contributed by atoms with Gasteiger partial charge in [0.1, 0.15) is 0 Å². The molecule has 2 rings (SSSR count). The van der Waals surface area contributed by atoms with E-state index < -0.39 is 11.7 Å². The molecule has 0 fully saturated rings. The van der Waals surface area contributed by atoms with E-state index in [1.807, 2.05) is 31.2 Å². The summed E-state index contributed by atoms with van der Waals surface area (Å²) in [4.78, 5) is 8.11. The monoisotopic (exact) mass is 292 g/mol. The first-order chi connectivity index (χ1) is 9.79. The molecule has 0 saturated heterocycles. The van der Waals surface area contributed by atoms with E-state index in [1.165, 1.54) is 0 Å². The minimum Gasteiger partial charge on any atom is -0.259 e. The van der Waals surface area contributed by atoms with Gasteiger partial charge in [-0.15, -0.1) is 0 Å². The molecule has 0 aliphatic rings. The summed E-state index contributed by atoms with van der Waals surface area (Å²) in [5, 5.41) is 0. The van der Waals surface area contributed by atoms with E-state index in [2.05, 4.69) is 9.98 Å². The van der Waals surface area contributed by atoms with Crippen LogP contribution in [-0.4, -0.2) is 10.7 Å². The number of alkyl halides is 3. The Hall–Kier alpha value is -2.17. The normalized spacial score (nSPS) is 12.6. The van der Waals surface area contributed by atoms with Gasteiger partial charge in [-0.2, -0.15) is 13.2 Å². The van der Waals surface area contributed by atoms with Gasteiger partial charge in [-0.05, 0) is 38.0 Å². The SMILES string of the molecule is CC(=Nc1cc(C(F)(F)F)cnc1C)c1ccccc1C. The highest BCUT2D eigenvalue weighted by molar-refractivity contribution is 6.01. The van der Waals surface area contributed by atoms with E-state index in [0.29, 0.717) is 11.4 Å². The smallest absolute Gasteiger partial charge is 0.259 e. The van der Waals surface area contributed by atoms with Crippen LogP contribution in [0.1, 0.15) is 29.3 Å². The zero-order valence-electron chi connectivity index (χ0n) is 12.0. The van der Waals surface area contributed by atoms with Gasteiger partial charge in [0.15, 0.2) is 0 Å². The molecule has 110 valence electrons. The molecule has 0 saturated carbocycles. The predicted molar refractivity (Wildman–Crippen MR) is 77.0 cm³/mol. The number of aryl methyl sites for hydroxylation is 2. The third-order valence-corrected chi connectivity index (χ3v) is 3.21. The molecule has 0 spiro atoms. The average molecular weight is 292 g/mol. The Morgan fingerprint density at radius 3 is 2.43 bits per heavy atom. The summed E-state index contributed by atoms with van der Waals surface area (Å²) < 4.78 is 38.2. The number of aliphatic imine (C=N–C) groups is 1. The number of rotatable bonds is 2. The zero-order valence-corrected chi connectivity index (χ0v) is 12.0. The quantitative estimate of drug-likeness (QED) is 0.726. The van der Waals surface area contributed by atoms with Crippen molar-refractivity contribution in [1.29, 1.82) is 0 Å². The van der Waals surface area contributed by atoms with Crippen molar-refractivity contribution in [2.75, 3.05) is 0 Å². The highest BCUT2D eigenvalue weighted by Gasteiger charge is 2.31. The number of pyridine rings is 1. The highest BCUT2D eigenvalue weighted by Crippen LogP contribution is 2.32. The van der Waals surface area contributed by atoms with Crippen molar-refractivity contribution in [1.82, 2.24) is 4.98 Å². The topological polar surface area (TPSA) is 25.2 Å². The van der Waals surface area contributed by atoms with E-state index in [0.717, 1.165) is 23.4 Å². The number of benzene rings is 1. The summed E-state index contributed by atoms with van der Waals surface area (Å²) in [7, 11) is 0. The molecule has 21 heavy (non-hydrogen) atoms. The van der Waals surface area contributed by atoms with Crippen LogP contribution in [0, 0.1) is 13.8 Å². The number of aromatic nitrogens is 1. The molecule has 0 amide bonds. The molecule has 0 N–H and O–H groups in total. The standard InChI is InChI=1S/C16H15F3N2/c1-10-6-4-5-7-14(10)11(2)21-15-8-13(16(17,18)19)9-20-12(15)3/h4-9H,1-3H3. The van der Waals surface area contributed by atoms with Crippen LogP contribution >= 0.6 is 0 Å². The number of halogens is 3. The Labute approximate surface area is 121 Å². The minimum atomic E-state index is -4.42. The fourth-order valence-electron chi connectivity index (χ4n) is 2.01. The Kier molecular flexibility index (Phi) is 4.11. The van der Waals surface area contributed by atoms with Crippen LogP contribution in [0.3, 0.4) is 0 Å². The van der Waals surface area contributed by atoms with Crippen molar-refractivity contribution < 1.29 is 13.2 Å². The second kappa shape index (κ2) is 5.68. The molecule has 5 heteroatoms. The average Bonchev–Trinajstić information content (AvgIpc) is 2.40. The maximum Gasteiger partial charge on any atom is 0.417 e. The molecule has 0 atom stereocenters. The van der Waals surface area contributed by atoms with E-state index in [4.69, 9.17) is 0 Å². The number of hydrogen-bond donors (Lipinski definition) is 0. The van der Waals surface area contributed by atoms with Crippen molar-refractivity contribution in [3.05, 3.63) is 58.9 Å². The van der Waals surface area contributed by atoms with E-state index in [-0.39, 0.29) is 5.69 Å². The number of nitrogens with zero attached hydrogens (tertiary/aromatic N) is 2. The van der Waals surface area contributed by atoms with Crippen molar-refractivity contribution in [2.45, 2.75) is 26.9 Å². The third-order valence-electron chi connectivity index (χ3n) is 3.21. The van der Waals surface area contributed by atoms with Crippen LogP contribution in [0.5, 0.6) is 0 Å². The first-order valence-corrected chi connectivity index (χ1v) is 6.44. The molecule has 0 aliphatic heterocycles. The first-order valence-electron chi connectivity index (χ1n) is 6.44. The molecule has 1 heterocycles. The van der Waals surface area contributed by atoms with E-state index in [1.54, 1.807) is 13.8 Å². The second-order valence-electron chi connectivity index (χ2n) is 4.84. The van der Waals surface area contributed by atoms with Gasteiger partial charge in [0, 0.05) is 11.9 Å². The van der Waals surface area contributed by atoms with Crippen LogP contribution in [0.15, 0.2) is 41.5 Å². The van der Waals surface area contributed by atoms with Gasteiger partial charge < -0.3 is 0 Å². The van der Waals surface area contributed by atoms with Gasteiger partial charge >= 0.3 is 6.18 Å². The lowest BCUT2D eigenvalue weighted by molar-refractivity contribution is -0.137. The van der Waals surface area contributed by atoms with Crippen molar-refractivity contribution in [3.8, 4) is 0 Å². The van der Waals surface area contributed by atoms with Crippen LogP contribution in [-0.2, 0) is 6.18 Å². The fraction of sp³-hybridized carbons (Fsp3) is 0.250. The molecule has 1 aromatic carbocycles. The molecule has 0 unspecified atom stereocenters. The minimum absolute atomic E-state index is 0.241. The Morgan fingerprint density at radius 1 is 1.14 bits per heavy atom. The first kappa shape index (κ1) is 15.2. The summed E-state index contributed by atoms with van der Waals surface area (Å²) in [5.74, 6) is 0. The summed E-state index contributed by atoms with van der Waals surface area (Å²) in [5.41, 5.74) is 2.52.